The first-order chi connectivity index (χ1) is 53.7. The maximum atomic E-state index is 13.1. The molecular formula is C91H136O17P2. The summed E-state index contributed by atoms with van der Waals surface area (Å²) in [4.78, 5) is 73.0. The van der Waals surface area contributed by atoms with Crippen LogP contribution < -0.4 is 0 Å². The molecule has 0 aliphatic carbocycles. The number of rotatable bonds is 71. The smallest absolute Gasteiger partial charge is 0.462 e. The minimum absolute atomic E-state index is 0.00908. The Bertz CT molecular complexity index is 3100. The molecule has 0 radical (unpaired) electrons. The molecule has 0 bridgehead atoms. The molecule has 3 N–H and O–H groups in total. The van der Waals surface area contributed by atoms with Crippen molar-refractivity contribution in [3.8, 4) is 0 Å². The highest BCUT2D eigenvalue weighted by Gasteiger charge is 2.30. The Balaban J connectivity index is 5.64. The van der Waals surface area contributed by atoms with E-state index in [1.54, 1.807) is 0 Å². The highest BCUT2D eigenvalue weighted by atomic mass is 31.2. The Morgan fingerprint density at radius 1 is 0.255 bits per heavy atom. The van der Waals surface area contributed by atoms with E-state index < -0.39 is 97.5 Å². The lowest BCUT2D eigenvalue weighted by Crippen LogP contribution is -2.30. The van der Waals surface area contributed by atoms with Gasteiger partial charge < -0.3 is 33.8 Å². The number of phosphoric acid groups is 2. The van der Waals surface area contributed by atoms with Crippen LogP contribution in [0.4, 0.5) is 0 Å². The second-order valence-corrected chi connectivity index (χ2v) is 28.0. The molecule has 0 aromatic carbocycles. The fourth-order valence-electron chi connectivity index (χ4n) is 9.12. The molecule has 0 saturated heterocycles. The Morgan fingerprint density at radius 3 is 0.682 bits per heavy atom. The topological polar surface area (TPSA) is 237 Å². The number of carbonyl (C=O) groups excluding carboxylic acids is 4. The summed E-state index contributed by atoms with van der Waals surface area (Å²) in [6.45, 7) is 4.07. The number of hydrogen-bond acceptors (Lipinski definition) is 15. The monoisotopic (exact) mass is 1560 g/mol. The molecule has 0 heterocycles. The molecule has 612 valence electrons. The molecule has 0 aliphatic rings. The van der Waals surface area contributed by atoms with Crippen LogP contribution in [0.3, 0.4) is 0 Å². The van der Waals surface area contributed by atoms with Crippen molar-refractivity contribution in [3.05, 3.63) is 255 Å². The van der Waals surface area contributed by atoms with E-state index in [0.29, 0.717) is 51.4 Å². The molecule has 0 amide bonds. The van der Waals surface area contributed by atoms with E-state index in [0.717, 1.165) is 128 Å². The van der Waals surface area contributed by atoms with Gasteiger partial charge in [0, 0.05) is 25.7 Å². The van der Waals surface area contributed by atoms with Gasteiger partial charge in [0.25, 0.3) is 0 Å². The quantitative estimate of drug-likeness (QED) is 0.0169. The zero-order valence-electron chi connectivity index (χ0n) is 66.8. The summed E-state index contributed by atoms with van der Waals surface area (Å²) in [7, 11) is -10.1. The first kappa shape index (κ1) is 103. The van der Waals surface area contributed by atoms with E-state index in [2.05, 4.69) is 228 Å². The molecule has 0 rings (SSSR count). The second-order valence-electron chi connectivity index (χ2n) is 25.1. The number of esters is 4. The van der Waals surface area contributed by atoms with Crippen LogP contribution in [0.2, 0.25) is 0 Å². The molecule has 0 aromatic heterocycles. The van der Waals surface area contributed by atoms with Gasteiger partial charge in [-0.25, -0.2) is 9.13 Å². The van der Waals surface area contributed by atoms with E-state index in [4.69, 9.17) is 37.0 Å². The predicted molar refractivity (Wildman–Crippen MR) is 454 cm³/mol. The highest BCUT2D eigenvalue weighted by molar-refractivity contribution is 7.47. The van der Waals surface area contributed by atoms with Crippen LogP contribution >= 0.6 is 15.6 Å². The Morgan fingerprint density at radius 2 is 0.445 bits per heavy atom. The van der Waals surface area contributed by atoms with E-state index in [1.165, 1.54) is 0 Å². The van der Waals surface area contributed by atoms with Crippen LogP contribution in [0.25, 0.3) is 0 Å². The van der Waals surface area contributed by atoms with Crippen molar-refractivity contribution in [2.75, 3.05) is 39.6 Å². The normalized spacial score (nSPS) is 15.2. The number of carbonyl (C=O) groups is 4. The number of hydrogen-bond donors (Lipinski definition) is 3. The maximum absolute atomic E-state index is 13.1. The largest absolute Gasteiger partial charge is 0.472 e. The van der Waals surface area contributed by atoms with Crippen LogP contribution in [0, 0.1) is 0 Å². The van der Waals surface area contributed by atoms with Crippen molar-refractivity contribution < 1.29 is 80.2 Å². The van der Waals surface area contributed by atoms with Gasteiger partial charge in [0.05, 0.1) is 26.4 Å². The van der Waals surface area contributed by atoms with Gasteiger partial charge in [0.1, 0.15) is 19.3 Å². The third-order valence-electron chi connectivity index (χ3n) is 15.0. The molecular weight excluding hydrogens is 1430 g/mol. The van der Waals surface area contributed by atoms with E-state index in [-0.39, 0.29) is 25.7 Å². The average molecular weight is 1560 g/mol. The molecule has 17 nitrogen and oxygen atoms in total. The second kappa shape index (κ2) is 79.7. The summed E-state index contributed by atoms with van der Waals surface area (Å²) in [6, 6.07) is 0. The van der Waals surface area contributed by atoms with E-state index in [9.17, 15) is 43.2 Å². The number of aliphatic hydroxyl groups is 1. The number of phosphoric ester groups is 2. The summed E-state index contributed by atoms with van der Waals surface area (Å²) in [6.07, 6.45) is 106. The molecule has 0 aromatic rings. The fraction of sp³-hybridized carbons (Fsp3) is 0.495. The predicted octanol–water partition coefficient (Wildman–Crippen LogP) is 23.8. The Labute approximate surface area is 662 Å². The molecule has 19 heteroatoms. The molecule has 5 atom stereocenters. The lowest BCUT2D eigenvalue weighted by molar-refractivity contribution is -0.161. The average Bonchev–Trinajstić information content (AvgIpc) is 0.906. The Kier molecular flexibility index (Phi) is 74.3. The molecule has 0 spiro atoms. The van der Waals surface area contributed by atoms with Gasteiger partial charge in [-0.05, 0) is 180 Å². The summed E-state index contributed by atoms with van der Waals surface area (Å²) in [5.74, 6) is -2.52. The summed E-state index contributed by atoms with van der Waals surface area (Å²) in [5.41, 5.74) is 0. The van der Waals surface area contributed by atoms with E-state index >= 15 is 0 Å². The molecule has 0 saturated carbocycles. The number of aliphatic hydroxyl groups excluding tert-OH is 1. The van der Waals surface area contributed by atoms with Crippen LogP contribution in [-0.2, 0) is 65.4 Å². The number of ether oxygens (including phenoxy) is 4. The minimum Gasteiger partial charge on any atom is -0.462 e. The highest BCUT2D eigenvalue weighted by Crippen LogP contribution is 2.45. The SMILES string of the molecule is CC/C=C\C/C=C\C/C=C\C/C=C\C/C=C\C/C=C\CCC(=O)OCC(COP(=O)(O)OCC(O)COP(=O)(O)OCC(COC(=O)CCC/C=C\C/C=C\C/C=C\C/C=C\C/C=C\CC)OC(=O)CCC/C=C\C/C=C\C/C=C\C/C=C\C/C=C\CC)OC(=O)CCC/C=C\C/C=C\C/C=C\C/C=C\C/C=C\CC. The Hall–Kier alpha value is -7.40. The third kappa shape index (κ3) is 78.7. The molecule has 110 heavy (non-hydrogen) atoms. The van der Waals surface area contributed by atoms with Gasteiger partial charge in [-0.15, -0.1) is 0 Å². The molecule has 5 unspecified atom stereocenters. The van der Waals surface area contributed by atoms with Crippen molar-refractivity contribution in [1.82, 2.24) is 0 Å². The number of allylic oxidation sites excluding steroid dienone is 42. The van der Waals surface area contributed by atoms with Crippen molar-refractivity contribution in [3.63, 3.8) is 0 Å². The lowest BCUT2D eigenvalue weighted by Gasteiger charge is -2.21. The summed E-state index contributed by atoms with van der Waals surface area (Å²) >= 11 is 0. The van der Waals surface area contributed by atoms with Crippen LogP contribution in [0.5, 0.6) is 0 Å². The maximum Gasteiger partial charge on any atom is 0.472 e. The molecule has 0 aliphatic heterocycles. The fourth-order valence-corrected chi connectivity index (χ4v) is 10.7. The first-order valence-electron chi connectivity index (χ1n) is 39.9. The number of unbranched alkanes of at least 4 members (excludes halogenated alkanes) is 3. The van der Waals surface area contributed by atoms with Crippen molar-refractivity contribution in [2.45, 2.75) is 251 Å². The van der Waals surface area contributed by atoms with Gasteiger partial charge in [0.15, 0.2) is 12.2 Å². The zero-order chi connectivity index (χ0) is 80.3. The van der Waals surface area contributed by atoms with Gasteiger partial charge in [-0.3, -0.25) is 37.3 Å². The van der Waals surface area contributed by atoms with Crippen molar-refractivity contribution in [2.24, 2.45) is 0 Å². The summed E-state index contributed by atoms with van der Waals surface area (Å²) < 4.78 is 68.4. The first-order valence-corrected chi connectivity index (χ1v) is 42.9. The van der Waals surface area contributed by atoms with Crippen molar-refractivity contribution in [1.29, 1.82) is 0 Å². The van der Waals surface area contributed by atoms with E-state index in [1.807, 2.05) is 54.7 Å². The van der Waals surface area contributed by atoms with Gasteiger partial charge in [-0.1, -0.05) is 283 Å². The van der Waals surface area contributed by atoms with Crippen LogP contribution in [-0.4, -0.2) is 96.7 Å². The van der Waals surface area contributed by atoms with Gasteiger partial charge >= 0.3 is 39.5 Å². The zero-order valence-corrected chi connectivity index (χ0v) is 68.6. The molecule has 0 fully saturated rings. The van der Waals surface area contributed by atoms with Crippen molar-refractivity contribution >= 4 is 39.5 Å². The van der Waals surface area contributed by atoms with Gasteiger partial charge in [-0.2, -0.15) is 0 Å². The lowest BCUT2D eigenvalue weighted by atomic mass is 10.2. The van der Waals surface area contributed by atoms with Crippen LogP contribution in [0.15, 0.2) is 255 Å². The third-order valence-corrected chi connectivity index (χ3v) is 16.9. The summed E-state index contributed by atoms with van der Waals surface area (Å²) in [5, 5.41) is 10.6. The van der Waals surface area contributed by atoms with Crippen LogP contribution in [0.1, 0.15) is 233 Å². The van der Waals surface area contributed by atoms with Gasteiger partial charge in [0.2, 0.25) is 0 Å². The minimum atomic E-state index is -5.04. The standard InChI is InChI=1S/C91H136O17P2/c1-5-9-13-17-21-25-29-33-37-41-42-46-48-52-56-60-64-68-72-76-89(94)102-82-87(108-91(96)78-74-70-66-62-58-54-50-45-40-36-32-28-24-20-16-12-8-4)84-106-110(99,100)104-80-85(92)79-103-109(97,98)105-83-86(107-90(95)77-73-69-65-61-57-53-49-44-39-35-31-27-23-19-15-11-7-3)81-101-88(93)75-71-67-63-59-55-51-47-43-38-34-30-26-22-18-14-10-6-2/h9-16,21-28,33-40,42,46-47,49-54,56,59,61-66,68,85-87,92H,5-8,17-20,29-32,41,43-45,48,55,57-58,60,67,69-84H2,1-4H3,(H,97,98)(H,99,100)/b13-9-,14-10-,15-11-,16-12-,25-21-,26-22-,27-23-,28-24-,37-33-,38-34-,39-35-,40-36-,46-42-,51-47-,53-49-,54-50-,56-52-,63-59-,65-61-,66-62-,68-64-.